The Balaban J connectivity index is 1.66. The van der Waals surface area contributed by atoms with E-state index in [0.29, 0.717) is 5.76 Å². The van der Waals surface area contributed by atoms with Crippen molar-refractivity contribution >= 4 is 11.6 Å². The van der Waals surface area contributed by atoms with Crippen molar-refractivity contribution < 1.29 is 9.21 Å². The quantitative estimate of drug-likeness (QED) is 0.908. The van der Waals surface area contributed by atoms with Crippen LogP contribution in [0.2, 0.25) is 0 Å². The average molecular weight is 285 g/mol. The van der Waals surface area contributed by atoms with Gasteiger partial charge in [0.2, 0.25) is 5.91 Å². The van der Waals surface area contributed by atoms with Crippen molar-refractivity contribution in [2.24, 2.45) is 11.7 Å². The van der Waals surface area contributed by atoms with E-state index >= 15 is 0 Å². The van der Waals surface area contributed by atoms with E-state index in [4.69, 9.17) is 10.2 Å². The fourth-order valence-corrected chi connectivity index (χ4v) is 2.80. The lowest BCUT2D eigenvalue weighted by atomic mass is 9.84. The number of amides is 1. The van der Waals surface area contributed by atoms with Crippen LogP contribution in [0, 0.1) is 5.92 Å². The van der Waals surface area contributed by atoms with Gasteiger partial charge in [0.15, 0.2) is 12.2 Å². The smallest absolute Gasteiger partial charge is 0.229 e. The van der Waals surface area contributed by atoms with E-state index in [0.717, 1.165) is 36.9 Å². The minimum absolute atomic E-state index is 0.0211. The number of rotatable bonds is 3. The monoisotopic (exact) mass is 285 g/mol. The van der Waals surface area contributed by atoms with Crippen molar-refractivity contribution in [1.29, 1.82) is 0 Å². The van der Waals surface area contributed by atoms with Crippen LogP contribution in [-0.4, -0.2) is 16.9 Å². The first-order chi connectivity index (χ1) is 10.2. The van der Waals surface area contributed by atoms with Gasteiger partial charge >= 0.3 is 0 Å². The number of nitrogens with two attached hydrogens (primary N) is 1. The van der Waals surface area contributed by atoms with Crippen LogP contribution in [-0.2, 0) is 4.79 Å². The van der Waals surface area contributed by atoms with E-state index in [-0.39, 0.29) is 17.9 Å². The number of anilines is 1. The van der Waals surface area contributed by atoms with Crippen LogP contribution in [0.25, 0.3) is 11.3 Å². The van der Waals surface area contributed by atoms with Crippen LogP contribution in [0.3, 0.4) is 0 Å². The van der Waals surface area contributed by atoms with Gasteiger partial charge < -0.3 is 15.5 Å². The molecule has 3 rings (SSSR count). The van der Waals surface area contributed by atoms with Gasteiger partial charge in [0.05, 0.1) is 12.1 Å². The van der Waals surface area contributed by atoms with Crippen LogP contribution in [0.5, 0.6) is 0 Å². The van der Waals surface area contributed by atoms with Gasteiger partial charge in [0.1, 0.15) is 0 Å². The summed E-state index contributed by atoms with van der Waals surface area (Å²) >= 11 is 0. The number of carbonyl (C=O) groups is 1. The fourth-order valence-electron chi connectivity index (χ4n) is 2.80. The zero-order valence-electron chi connectivity index (χ0n) is 11.8. The third kappa shape index (κ3) is 3.13. The molecule has 1 aliphatic carbocycles. The third-order valence-electron chi connectivity index (χ3n) is 4.03. The second kappa shape index (κ2) is 6.10. The molecule has 1 aromatic heterocycles. The molecule has 110 valence electrons. The zero-order chi connectivity index (χ0) is 14.7. The fraction of sp³-hybridized carbons (Fsp3) is 0.375. The lowest BCUT2D eigenvalue weighted by Gasteiger charge is -2.27. The van der Waals surface area contributed by atoms with Gasteiger partial charge in [-0.3, -0.25) is 4.79 Å². The molecule has 21 heavy (non-hydrogen) atoms. The van der Waals surface area contributed by atoms with Gasteiger partial charge in [0.25, 0.3) is 0 Å². The van der Waals surface area contributed by atoms with Crippen LogP contribution in [0.15, 0.2) is 41.3 Å². The summed E-state index contributed by atoms with van der Waals surface area (Å²) < 4.78 is 5.23. The molecule has 1 heterocycles. The molecule has 0 bridgehead atoms. The number of oxazole rings is 1. The summed E-state index contributed by atoms with van der Waals surface area (Å²) in [4.78, 5) is 16.2. The van der Waals surface area contributed by atoms with E-state index < -0.39 is 0 Å². The Bertz CT molecular complexity index is 592. The van der Waals surface area contributed by atoms with Gasteiger partial charge in [0, 0.05) is 17.3 Å². The molecule has 0 aliphatic heterocycles. The number of nitrogens with one attached hydrogen (secondary N) is 1. The molecule has 1 aliphatic rings. The zero-order valence-corrected chi connectivity index (χ0v) is 11.8. The summed E-state index contributed by atoms with van der Waals surface area (Å²) in [5.74, 6) is 0.657. The first kappa shape index (κ1) is 13.8. The molecule has 0 spiro atoms. The Hall–Kier alpha value is -2.14. The molecule has 2 unspecified atom stereocenters. The summed E-state index contributed by atoms with van der Waals surface area (Å²) in [5.41, 5.74) is 7.75. The van der Waals surface area contributed by atoms with E-state index in [1.54, 1.807) is 6.20 Å². The second-order valence-electron chi connectivity index (χ2n) is 5.49. The summed E-state index contributed by atoms with van der Waals surface area (Å²) in [7, 11) is 0. The molecular weight excluding hydrogens is 266 g/mol. The van der Waals surface area contributed by atoms with Crippen molar-refractivity contribution in [2.75, 3.05) is 5.32 Å². The SMILES string of the molecule is NC1CCCCC1C(=O)Nc1ccc(-c2cnco2)cc1. The second-order valence-corrected chi connectivity index (χ2v) is 5.49. The highest BCUT2D eigenvalue weighted by Crippen LogP contribution is 2.25. The van der Waals surface area contributed by atoms with Crippen LogP contribution >= 0.6 is 0 Å². The number of hydrogen-bond acceptors (Lipinski definition) is 4. The lowest BCUT2D eigenvalue weighted by molar-refractivity contribution is -0.121. The van der Waals surface area contributed by atoms with E-state index in [2.05, 4.69) is 10.3 Å². The van der Waals surface area contributed by atoms with Crippen LogP contribution < -0.4 is 11.1 Å². The third-order valence-corrected chi connectivity index (χ3v) is 4.03. The van der Waals surface area contributed by atoms with Crippen molar-refractivity contribution in [3.8, 4) is 11.3 Å². The van der Waals surface area contributed by atoms with E-state index in [9.17, 15) is 4.79 Å². The van der Waals surface area contributed by atoms with E-state index in [1.165, 1.54) is 6.39 Å². The Morgan fingerprint density at radius 1 is 1.24 bits per heavy atom. The normalized spacial score (nSPS) is 22.0. The summed E-state index contributed by atoms with van der Waals surface area (Å²) in [6, 6.07) is 7.51. The maximum atomic E-state index is 12.3. The highest BCUT2D eigenvalue weighted by molar-refractivity contribution is 5.93. The van der Waals surface area contributed by atoms with Crippen LogP contribution in [0.1, 0.15) is 25.7 Å². The molecule has 2 atom stereocenters. The Labute approximate surface area is 123 Å². The molecule has 1 saturated carbocycles. The van der Waals surface area contributed by atoms with Gasteiger partial charge in [-0.1, -0.05) is 12.8 Å². The lowest BCUT2D eigenvalue weighted by Crippen LogP contribution is -2.40. The van der Waals surface area contributed by atoms with Crippen molar-refractivity contribution in [3.05, 3.63) is 36.9 Å². The topological polar surface area (TPSA) is 81.2 Å². The molecular formula is C16H19N3O2. The van der Waals surface area contributed by atoms with Crippen molar-refractivity contribution in [1.82, 2.24) is 4.98 Å². The minimum Gasteiger partial charge on any atom is -0.444 e. The number of aromatic nitrogens is 1. The first-order valence-corrected chi connectivity index (χ1v) is 7.29. The number of hydrogen-bond donors (Lipinski definition) is 2. The molecule has 3 N–H and O–H groups in total. The average Bonchev–Trinajstić information content (AvgIpc) is 3.02. The molecule has 1 aromatic carbocycles. The predicted molar refractivity (Wildman–Crippen MR) is 80.5 cm³/mol. The molecule has 1 amide bonds. The van der Waals surface area contributed by atoms with Gasteiger partial charge in [-0.25, -0.2) is 4.98 Å². The van der Waals surface area contributed by atoms with Crippen LogP contribution in [0.4, 0.5) is 5.69 Å². The first-order valence-electron chi connectivity index (χ1n) is 7.29. The summed E-state index contributed by atoms with van der Waals surface area (Å²) in [6.45, 7) is 0. The van der Waals surface area contributed by atoms with Gasteiger partial charge in [-0.15, -0.1) is 0 Å². The van der Waals surface area contributed by atoms with E-state index in [1.807, 2.05) is 24.3 Å². The predicted octanol–water partition coefficient (Wildman–Crippen LogP) is 2.80. The Morgan fingerprint density at radius 2 is 2.00 bits per heavy atom. The summed E-state index contributed by atoms with van der Waals surface area (Å²) in [6.07, 6.45) is 7.07. The number of carbonyl (C=O) groups excluding carboxylic acids is 1. The standard InChI is InChI=1S/C16H19N3O2/c17-14-4-2-1-3-13(14)16(20)19-12-7-5-11(6-8-12)15-9-18-10-21-15/h5-10,13-14H,1-4,17H2,(H,19,20). The van der Waals surface area contributed by atoms with Crippen molar-refractivity contribution in [2.45, 2.75) is 31.7 Å². The number of benzene rings is 1. The van der Waals surface area contributed by atoms with Gasteiger partial charge in [-0.2, -0.15) is 0 Å². The Kier molecular flexibility index (Phi) is 4.01. The maximum absolute atomic E-state index is 12.3. The Morgan fingerprint density at radius 3 is 2.67 bits per heavy atom. The molecule has 5 nitrogen and oxygen atoms in total. The minimum atomic E-state index is -0.0762. The largest absolute Gasteiger partial charge is 0.444 e. The maximum Gasteiger partial charge on any atom is 0.229 e. The molecule has 0 radical (unpaired) electrons. The number of nitrogens with zero attached hydrogens (tertiary/aromatic N) is 1. The molecule has 0 saturated heterocycles. The van der Waals surface area contributed by atoms with Crippen molar-refractivity contribution in [3.63, 3.8) is 0 Å². The molecule has 1 fully saturated rings. The highest BCUT2D eigenvalue weighted by Gasteiger charge is 2.28. The van der Waals surface area contributed by atoms with Gasteiger partial charge in [-0.05, 0) is 37.1 Å². The summed E-state index contributed by atoms with van der Waals surface area (Å²) in [5, 5.41) is 2.95. The molecule has 5 heteroatoms. The molecule has 2 aromatic rings. The highest BCUT2D eigenvalue weighted by atomic mass is 16.3.